The van der Waals surface area contributed by atoms with E-state index in [0.29, 0.717) is 43.4 Å². The number of nitrogens with zero attached hydrogens (tertiary/aromatic N) is 2. The molecule has 0 aromatic heterocycles. The molecule has 4 rings (SSSR count). The maximum atomic E-state index is 12.8. The minimum absolute atomic E-state index is 0.173. The van der Waals surface area contributed by atoms with Gasteiger partial charge >= 0.3 is 5.97 Å². The van der Waals surface area contributed by atoms with E-state index in [1.165, 1.54) is 36.2 Å². The molecule has 2 aromatic rings. The number of unbranched alkanes of at least 4 members (excludes halogenated alkanes) is 2. The molecule has 0 saturated heterocycles. The van der Waals surface area contributed by atoms with Gasteiger partial charge in [-0.05, 0) is 115 Å². The molecular weight excluding hydrogens is 918 g/mol. The van der Waals surface area contributed by atoms with E-state index in [2.05, 4.69) is 88.9 Å². The highest BCUT2D eigenvalue weighted by atomic mass is 127. The fraction of sp³-hybridized carbons (Fsp3) is 0.459. The summed E-state index contributed by atoms with van der Waals surface area (Å²) in [6.07, 6.45) is 15.0. The molecule has 2 aliphatic heterocycles. The average molecular weight is 966 g/mol. The number of allylic oxidation sites excluding steroid dienone is 5. The molecule has 0 radical (unpaired) electrons. The molecule has 2 heterocycles. The molecule has 0 spiro atoms. The zero-order valence-electron chi connectivity index (χ0n) is 29.5. The Bertz CT molecular complexity index is 2010. The summed E-state index contributed by atoms with van der Waals surface area (Å²) in [7, 11) is -6.65. The van der Waals surface area contributed by atoms with Crippen LogP contribution in [0.25, 0.3) is 0 Å². The van der Waals surface area contributed by atoms with Crippen molar-refractivity contribution < 1.29 is 40.4 Å². The Kier molecular flexibility index (Phi) is 13.5. The standard InChI is InChI=1S/C37H46I2N2O8S2/c1-6-7-15-30(35(42)43)41-29-19-18-26(51(47,48)49)24-27(29)37(4,20-13-14-21-50(44,45)46)33(41)17-12-10-8-9-11-16-32-36(2,3)34-28(39)22-25(38)23-31(34)40(32)5/h8-12,16,18-19,22-24,30,33H,6-7,13-15,17,20-21H2,1-5H3,(H2-,42,43,44,45,46,47,48,49)/p+1/b9-8+,12-10+,16-11+. The number of aliphatic carboxylic acids is 1. The fourth-order valence-electron chi connectivity index (χ4n) is 7.63. The Labute approximate surface area is 329 Å². The Morgan fingerprint density at radius 1 is 1.00 bits per heavy atom. The number of carboxylic acid groups (broad SMARTS) is 1. The van der Waals surface area contributed by atoms with Crippen molar-refractivity contribution in [3.63, 3.8) is 0 Å². The summed E-state index contributed by atoms with van der Waals surface area (Å²) in [5, 5.41) is 10.4. The van der Waals surface area contributed by atoms with Gasteiger partial charge in [-0.2, -0.15) is 21.4 Å². The van der Waals surface area contributed by atoms with Gasteiger partial charge in [0.15, 0.2) is 5.71 Å². The number of benzene rings is 2. The van der Waals surface area contributed by atoms with Crippen LogP contribution in [0, 0.1) is 7.14 Å². The zero-order valence-corrected chi connectivity index (χ0v) is 35.5. The lowest BCUT2D eigenvalue weighted by Gasteiger charge is -2.39. The van der Waals surface area contributed by atoms with Crippen molar-refractivity contribution in [3.8, 4) is 0 Å². The third-order valence-corrected chi connectivity index (χ3v) is 13.3. The molecular formula is C37H47I2N2O8S2+. The van der Waals surface area contributed by atoms with E-state index in [9.17, 15) is 35.8 Å². The second kappa shape index (κ2) is 16.5. The highest BCUT2D eigenvalue weighted by molar-refractivity contribution is 14.1. The van der Waals surface area contributed by atoms with Crippen molar-refractivity contribution in [2.45, 2.75) is 100 Å². The largest absolute Gasteiger partial charge is 0.480 e. The summed E-state index contributed by atoms with van der Waals surface area (Å²) in [5.41, 5.74) is 3.84. The van der Waals surface area contributed by atoms with Gasteiger partial charge in [-0.15, -0.1) is 0 Å². The van der Waals surface area contributed by atoms with Crippen LogP contribution in [0.2, 0.25) is 0 Å². The van der Waals surface area contributed by atoms with Crippen LogP contribution in [0.1, 0.15) is 83.8 Å². The van der Waals surface area contributed by atoms with E-state index in [1.54, 1.807) is 6.07 Å². The molecule has 0 fully saturated rings. The lowest BCUT2D eigenvalue weighted by atomic mass is 9.73. The third-order valence-electron chi connectivity index (χ3n) is 10.1. The van der Waals surface area contributed by atoms with Gasteiger partial charge in [0.25, 0.3) is 20.2 Å². The van der Waals surface area contributed by atoms with Crippen LogP contribution in [-0.4, -0.2) is 72.2 Å². The Morgan fingerprint density at radius 3 is 2.31 bits per heavy atom. The van der Waals surface area contributed by atoms with Gasteiger partial charge in [0.1, 0.15) is 13.1 Å². The van der Waals surface area contributed by atoms with Crippen LogP contribution in [0.15, 0.2) is 71.7 Å². The molecule has 3 unspecified atom stereocenters. The number of fused-ring (bicyclic) bond motifs is 2. The van der Waals surface area contributed by atoms with Crippen molar-refractivity contribution in [3.05, 3.63) is 85.1 Å². The molecule has 278 valence electrons. The molecule has 0 bridgehead atoms. The fourth-order valence-corrected chi connectivity index (χ4v) is 11.2. The predicted molar refractivity (Wildman–Crippen MR) is 219 cm³/mol. The summed E-state index contributed by atoms with van der Waals surface area (Å²) >= 11 is 4.75. The Hall–Kier alpha value is -2.12. The number of carbonyl (C=O) groups is 1. The Balaban J connectivity index is 1.66. The maximum Gasteiger partial charge on any atom is 0.326 e. The molecule has 51 heavy (non-hydrogen) atoms. The SMILES string of the molecule is CCCCC(C(=O)O)N1c2ccc(S(=O)(=O)O)cc2C(C)(CCCCS(=O)(=O)O)C1C/C=C/C=C/C=C/C1=[N+](C)c2cc(I)cc(I)c2C1(C)C. The molecule has 3 N–H and O–H groups in total. The average Bonchev–Trinajstić information content (AvgIpc) is 3.37. The van der Waals surface area contributed by atoms with Crippen molar-refractivity contribution in [1.29, 1.82) is 0 Å². The summed E-state index contributed by atoms with van der Waals surface area (Å²) in [4.78, 5) is 14.3. The molecule has 2 aromatic carbocycles. The van der Waals surface area contributed by atoms with Crippen LogP contribution in [-0.2, 0) is 35.9 Å². The third kappa shape index (κ3) is 9.34. The minimum atomic E-state index is -4.55. The van der Waals surface area contributed by atoms with Crippen LogP contribution in [0.5, 0.6) is 0 Å². The summed E-state index contributed by atoms with van der Waals surface area (Å²) in [6, 6.07) is 7.32. The van der Waals surface area contributed by atoms with Crippen molar-refractivity contribution in [1.82, 2.24) is 0 Å². The predicted octanol–water partition coefficient (Wildman–Crippen LogP) is 8.06. The van der Waals surface area contributed by atoms with E-state index in [0.717, 1.165) is 6.42 Å². The molecule has 0 amide bonds. The minimum Gasteiger partial charge on any atom is -0.480 e. The molecule has 10 nitrogen and oxygen atoms in total. The molecule has 0 saturated carbocycles. The number of rotatable bonds is 16. The summed E-state index contributed by atoms with van der Waals surface area (Å²) < 4.78 is 71.2. The van der Waals surface area contributed by atoms with E-state index >= 15 is 0 Å². The highest BCUT2D eigenvalue weighted by Gasteiger charge is 2.50. The first-order chi connectivity index (χ1) is 23.7. The van der Waals surface area contributed by atoms with Crippen LogP contribution >= 0.6 is 45.2 Å². The van der Waals surface area contributed by atoms with E-state index < -0.39 is 49.5 Å². The summed E-state index contributed by atoms with van der Waals surface area (Å²) in [5.74, 6) is -1.41. The smallest absolute Gasteiger partial charge is 0.326 e. The second-order valence-corrected chi connectivity index (χ2v) is 19.4. The van der Waals surface area contributed by atoms with E-state index in [-0.39, 0.29) is 16.7 Å². The first-order valence-electron chi connectivity index (χ1n) is 16.9. The van der Waals surface area contributed by atoms with Gasteiger partial charge in [-0.25, -0.2) is 4.79 Å². The highest BCUT2D eigenvalue weighted by Crippen LogP contribution is 2.51. The number of carboxylic acids is 1. The van der Waals surface area contributed by atoms with Crippen molar-refractivity contribution >= 4 is 88.5 Å². The van der Waals surface area contributed by atoms with Crippen molar-refractivity contribution in [2.75, 3.05) is 17.7 Å². The second-order valence-electron chi connectivity index (χ2n) is 14.0. The molecule has 14 heteroatoms. The van der Waals surface area contributed by atoms with E-state index in [4.69, 9.17) is 0 Å². The van der Waals surface area contributed by atoms with Gasteiger partial charge in [0.05, 0.1) is 21.6 Å². The van der Waals surface area contributed by atoms with Gasteiger partial charge in [0, 0.05) is 36.4 Å². The summed E-state index contributed by atoms with van der Waals surface area (Å²) in [6.45, 7) is 8.37. The number of anilines is 1. The van der Waals surface area contributed by atoms with Gasteiger partial charge < -0.3 is 10.0 Å². The molecule has 0 aliphatic carbocycles. The first-order valence-corrected chi connectivity index (χ1v) is 22.1. The van der Waals surface area contributed by atoms with Crippen LogP contribution in [0.3, 0.4) is 0 Å². The van der Waals surface area contributed by atoms with Crippen LogP contribution in [0.4, 0.5) is 11.4 Å². The quantitative estimate of drug-likeness (QED) is 0.0499. The number of hydrogen-bond donors (Lipinski definition) is 3. The van der Waals surface area contributed by atoms with Gasteiger partial charge in [-0.1, -0.05) is 63.5 Å². The zero-order chi connectivity index (χ0) is 37.9. The monoisotopic (exact) mass is 965 g/mol. The number of hydrogen-bond acceptors (Lipinski definition) is 6. The Morgan fingerprint density at radius 2 is 1.69 bits per heavy atom. The van der Waals surface area contributed by atoms with Crippen LogP contribution < -0.4 is 4.90 Å². The number of halogens is 2. The maximum absolute atomic E-state index is 12.8. The van der Waals surface area contributed by atoms with Gasteiger partial charge in [0.2, 0.25) is 5.69 Å². The first kappa shape index (κ1) is 41.6. The van der Waals surface area contributed by atoms with Crippen molar-refractivity contribution in [2.24, 2.45) is 0 Å². The van der Waals surface area contributed by atoms with E-state index in [1.807, 2.05) is 49.1 Å². The lowest BCUT2D eigenvalue weighted by molar-refractivity contribution is -0.401. The normalized spacial score (nSPS) is 21.0. The topological polar surface area (TPSA) is 152 Å². The lowest BCUT2D eigenvalue weighted by Crippen LogP contribution is -2.50. The molecule has 2 aliphatic rings. The molecule has 3 atom stereocenters. The van der Waals surface area contributed by atoms with Gasteiger partial charge in [-0.3, -0.25) is 9.11 Å².